The van der Waals surface area contributed by atoms with Crippen LogP contribution in [0.15, 0.2) is 48.5 Å². The molecule has 0 aliphatic carbocycles. The maximum Gasteiger partial charge on any atom is 0.235 e. The topological polar surface area (TPSA) is 84.7 Å². The van der Waals surface area contributed by atoms with Gasteiger partial charge in [0.05, 0.1) is 5.41 Å². The summed E-state index contributed by atoms with van der Waals surface area (Å²) < 4.78 is 5.55. The van der Waals surface area contributed by atoms with Gasteiger partial charge < -0.3 is 20.7 Å². The van der Waals surface area contributed by atoms with Crippen molar-refractivity contribution in [2.24, 2.45) is 11.7 Å². The largest absolute Gasteiger partial charge is 0.381 e. The number of nitrogens with zero attached hydrogens (tertiary/aromatic N) is 1. The zero-order chi connectivity index (χ0) is 23.3. The van der Waals surface area contributed by atoms with Crippen LogP contribution in [-0.2, 0) is 26.2 Å². The third-order valence-corrected chi connectivity index (χ3v) is 7.31. The summed E-state index contributed by atoms with van der Waals surface area (Å²) in [7, 11) is 0. The molecule has 2 aromatic carbocycles. The van der Waals surface area contributed by atoms with Crippen molar-refractivity contribution in [2.45, 2.75) is 37.5 Å². The van der Waals surface area contributed by atoms with Crippen LogP contribution >= 0.6 is 11.6 Å². The molecule has 2 aliphatic rings. The molecule has 0 radical (unpaired) electrons. The van der Waals surface area contributed by atoms with Gasteiger partial charge in [0, 0.05) is 36.4 Å². The molecule has 2 amide bonds. The van der Waals surface area contributed by atoms with E-state index in [0.29, 0.717) is 31.1 Å². The zero-order valence-electron chi connectivity index (χ0n) is 18.9. The van der Waals surface area contributed by atoms with Gasteiger partial charge in [0.25, 0.3) is 0 Å². The van der Waals surface area contributed by atoms with Gasteiger partial charge in [-0.3, -0.25) is 9.59 Å². The Labute approximate surface area is 200 Å². The number of ether oxygens (including phenoxy) is 1. The molecular weight excluding hydrogens is 438 g/mol. The van der Waals surface area contributed by atoms with Gasteiger partial charge in [-0.25, -0.2) is 0 Å². The Bertz CT molecular complexity index is 965. The molecule has 0 saturated carbocycles. The lowest BCUT2D eigenvalue weighted by Gasteiger charge is -2.36. The van der Waals surface area contributed by atoms with Gasteiger partial charge in [-0.05, 0) is 80.6 Å². The second kappa shape index (κ2) is 10.7. The lowest BCUT2D eigenvalue weighted by Crippen LogP contribution is -2.44. The summed E-state index contributed by atoms with van der Waals surface area (Å²) in [4.78, 5) is 27.2. The Hall–Kier alpha value is -2.41. The van der Waals surface area contributed by atoms with E-state index in [9.17, 15) is 9.59 Å². The average molecular weight is 470 g/mol. The quantitative estimate of drug-likeness (QED) is 0.646. The van der Waals surface area contributed by atoms with Crippen molar-refractivity contribution >= 4 is 29.1 Å². The number of rotatable bonds is 7. The van der Waals surface area contributed by atoms with Crippen molar-refractivity contribution in [3.05, 3.63) is 64.7 Å². The highest BCUT2D eigenvalue weighted by Crippen LogP contribution is 2.37. The number of hydrogen-bond acceptors (Lipinski definition) is 4. The Kier molecular flexibility index (Phi) is 7.68. The summed E-state index contributed by atoms with van der Waals surface area (Å²) in [6, 6.07) is 15.7. The summed E-state index contributed by atoms with van der Waals surface area (Å²) in [6.07, 6.45) is 3.88. The van der Waals surface area contributed by atoms with Gasteiger partial charge in [-0.15, -0.1) is 0 Å². The van der Waals surface area contributed by atoms with Crippen LogP contribution in [0.3, 0.4) is 0 Å². The Balaban J connectivity index is 1.36. The fourth-order valence-electron chi connectivity index (χ4n) is 4.89. The Morgan fingerprint density at radius 1 is 1.09 bits per heavy atom. The van der Waals surface area contributed by atoms with Crippen molar-refractivity contribution in [3.8, 4) is 0 Å². The van der Waals surface area contributed by atoms with Gasteiger partial charge in [0.1, 0.15) is 0 Å². The summed E-state index contributed by atoms with van der Waals surface area (Å²) in [5.74, 6) is -0.168. The summed E-state index contributed by atoms with van der Waals surface area (Å²) >= 11 is 6.23. The van der Waals surface area contributed by atoms with E-state index in [1.165, 1.54) is 5.56 Å². The van der Waals surface area contributed by atoms with Crippen molar-refractivity contribution in [1.82, 2.24) is 4.90 Å². The molecule has 2 aliphatic heterocycles. The molecule has 33 heavy (non-hydrogen) atoms. The fraction of sp³-hybridized carbons (Fsp3) is 0.462. The molecule has 0 atom stereocenters. The average Bonchev–Trinajstić information content (AvgIpc) is 2.84. The molecule has 3 N–H and O–H groups in total. The normalized spacial score (nSPS) is 19.2. The van der Waals surface area contributed by atoms with Crippen LogP contribution in [0.25, 0.3) is 0 Å². The number of hydrogen-bond donors (Lipinski definition) is 2. The Morgan fingerprint density at radius 3 is 2.42 bits per heavy atom. The highest BCUT2D eigenvalue weighted by molar-refractivity contribution is 6.30. The minimum Gasteiger partial charge on any atom is -0.381 e. The second-order valence-electron chi connectivity index (χ2n) is 9.12. The molecular formula is C26H32ClN3O3. The lowest BCUT2D eigenvalue weighted by molar-refractivity contribution is -0.125. The Morgan fingerprint density at radius 2 is 1.79 bits per heavy atom. The number of anilines is 1. The molecule has 2 aromatic rings. The maximum absolute atomic E-state index is 13.4. The number of nitrogens with one attached hydrogen (secondary N) is 1. The predicted octanol–water partition coefficient (Wildman–Crippen LogP) is 3.77. The minimum absolute atomic E-state index is 0.0156. The maximum atomic E-state index is 13.4. The zero-order valence-corrected chi connectivity index (χ0v) is 19.7. The first-order valence-corrected chi connectivity index (χ1v) is 12.1. The lowest BCUT2D eigenvalue weighted by atomic mass is 9.73. The van der Waals surface area contributed by atoms with Crippen LogP contribution in [0, 0.1) is 5.92 Å². The third-order valence-electron chi connectivity index (χ3n) is 7.08. The number of piperidine rings is 1. The highest BCUT2D eigenvalue weighted by Gasteiger charge is 2.41. The van der Waals surface area contributed by atoms with E-state index in [-0.39, 0.29) is 17.7 Å². The summed E-state index contributed by atoms with van der Waals surface area (Å²) in [6.45, 7) is 3.88. The van der Waals surface area contributed by atoms with Gasteiger partial charge in [-0.1, -0.05) is 35.9 Å². The van der Waals surface area contributed by atoms with Crippen molar-refractivity contribution in [1.29, 1.82) is 0 Å². The van der Waals surface area contributed by atoms with E-state index in [1.54, 1.807) is 0 Å². The molecule has 0 bridgehead atoms. The smallest absolute Gasteiger partial charge is 0.235 e. The van der Waals surface area contributed by atoms with Crippen LogP contribution in [0.1, 0.15) is 36.8 Å². The number of halogens is 1. The van der Waals surface area contributed by atoms with Gasteiger partial charge in [-0.2, -0.15) is 0 Å². The molecule has 0 spiro atoms. The number of amides is 2. The third kappa shape index (κ3) is 5.75. The van der Waals surface area contributed by atoms with Crippen LogP contribution < -0.4 is 11.1 Å². The van der Waals surface area contributed by atoms with E-state index in [2.05, 4.69) is 22.3 Å². The molecule has 0 aromatic heterocycles. The van der Waals surface area contributed by atoms with E-state index >= 15 is 0 Å². The molecule has 2 heterocycles. The highest BCUT2D eigenvalue weighted by atomic mass is 35.5. The minimum atomic E-state index is -0.640. The number of carbonyl (C=O) groups is 2. The number of nitrogens with two attached hydrogens (primary N) is 1. The fourth-order valence-corrected chi connectivity index (χ4v) is 5.08. The van der Waals surface area contributed by atoms with E-state index in [4.69, 9.17) is 22.1 Å². The first-order valence-electron chi connectivity index (χ1n) is 11.7. The van der Waals surface area contributed by atoms with Crippen LogP contribution in [0.4, 0.5) is 5.69 Å². The van der Waals surface area contributed by atoms with E-state index < -0.39 is 5.41 Å². The first-order chi connectivity index (χ1) is 16.0. The number of benzene rings is 2. The monoisotopic (exact) mass is 469 g/mol. The molecule has 0 unspecified atom stereocenters. The molecule has 2 fully saturated rings. The molecule has 7 heteroatoms. The predicted molar refractivity (Wildman–Crippen MR) is 130 cm³/mol. The molecule has 176 valence electrons. The molecule has 6 nitrogen and oxygen atoms in total. The van der Waals surface area contributed by atoms with Crippen molar-refractivity contribution < 1.29 is 14.3 Å². The summed E-state index contributed by atoms with van der Waals surface area (Å²) in [5.41, 5.74) is 7.73. The van der Waals surface area contributed by atoms with Crippen molar-refractivity contribution in [3.63, 3.8) is 0 Å². The SMILES string of the molecule is NC(=O)C1CCN(CCc2ccc(NC(=O)C3(c4cccc(Cl)c4)CCOCC3)cc2)CC1. The van der Waals surface area contributed by atoms with Gasteiger partial charge in [0.15, 0.2) is 0 Å². The molecule has 2 saturated heterocycles. The first kappa shape index (κ1) is 23.7. The van der Waals surface area contributed by atoms with E-state index in [0.717, 1.165) is 50.1 Å². The van der Waals surface area contributed by atoms with Gasteiger partial charge >= 0.3 is 0 Å². The van der Waals surface area contributed by atoms with E-state index in [1.807, 2.05) is 36.4 Å². The number of carbonyl (C=O) groups excluding carboxylic acids is 2. The van der Waals surface area contributed by atoms with Crippen LogP contribution in [0.2, 0.25) is 5.02 Å². The van der Waals surface area contributed by atoms with Crippen LogP contribution in [0.5, 0.6) is 0 Å². The number of primary amides is 1. The van der Waals surface area contributed by atoms with Crippen LogP contribution in [-0.4, -0.2) is 49.6 Å². The van der Waals surface area contributed by atoms with Crippen molar-refractivity contribution in [2.75, 3.05) is 38.2 Å². The second-order valence-corrected chi connectivity index (χ2v) is 9.56. The number of likely N-dealkylation sites (tertiary alicyclic amines) is 1. The standard InChI is InChI=1S/C26H32ClN3O3/c27-22-3-1-2-21(18-22)26(11-16-33-17-12-26)25(32)29-23-6-4-19(5-7-23)8-13-30-14-9-20(10-15-30)24(28)31/h1-7,18,20H,8-17H2,(H2,28,31)(H,29,32). The van der Waals surface area contributed by atoms with Gasteiger partial charge in [0.2, 0.25) is 11.8 Å². The summed E-state index contributed by atoms with van der Waals surface area (Å²) in [5, 5.41) is 3.76. The molecule has 4 rings (SSSR count).